The van der Waals surface area contributed by atoms with E-state index in [4.69, 9.17) is 10.2 Å². The maximum Gasteiger partial charge on any atom is 0.313 e. The zero-order valence-corrected chi connectivity index (χ0v) is 14.2. The molecule has 2 heterocycles. The van der Waals surface area contributed by atoms with Gasteiger partial charge in [0, 0.05) is 23.4 Å². The second-order valence-corrected chi connectivity index (χ2v) is 6.18. The minimum absolute atomic E-state index is 0.0614. The molecule has 1 aromatic carbocycles. The molecule has 0 spiro atoms. The van der Waals surface area contributed by atoms with Crippen molar-refractivity contribution in [2.24, 2.45) is 0 Å². The van der Waals surface area contributed by atoms with E-state index < -0.39 is 0 Å². The summed E-state index contributed by atoms with van der Waals surface area (Å²) in [7, 11) is 1.76. The Morgan fingerprint density at radius 2 is 2.17 bits per heavy atom. The maximum absolute atomic E-state index is 14.5. The monoisotopic (exact) mass is 379 g/mol. The van der Waals surface area contributed by atoms with E-state index in [1.165, 1.54) is 0 Å². The van der Waals surface area contributed by atoms with Gasteiger partial charge in [-0.25, -0.2) is 4.39 Å². The van der Waals surface area contributed by atoms with E-state index in [1.54, 1.807) is 18.1 Å². The fourth-order valence-corrected chi connectivity index (χ4v) is 2.79. The van der Waals surface area contributed by atoms with E-state index in [1.807, 2.05) is 25.1 Å². The lowest BCUT2D eigenvalue weighted by Crippen LogP contribution is -2.22. The summed E-state index contributed by atoms with van der Waals surface area (Å²) in [5, 5.41) is 10.6. The molecule has 1 aromatic heterocycles. The molecule has 0 atom stereocenters. The van der Waals surface area contributed by atoms with Crippen LogP contribution < -0.4 is 11.1 Å². The minimum Gasteiger partial charge on any atom is -0.403 e. The van der Waals surface area contributed by atoms with Crippen LogP contribution in [0.2, 0.25) is 0 Å². The van der Waals surface area contributed by atoms with Crippen LogP contribution in [0.1, 0.15) is 11.5 Å². The third kappa shape index (κ3) is 3.21. The number of anilines is 2. The van der Waals surface area contributed by atoms with Gasteiger partial charge < -0.3 is 20.4 Å². The van der Waals surface area contributed by atoms with Gasteiger partial charge in [0.2, 0.25) is 0 Å². The van der Waals surface area contributed by atoms with E-state index in [0.717, 1.165) is 15.7 Å². The van der Waals surface area contributed by atoms with Crippen molar-refractivity contribution in [3.05, 3.63) is 51.8 Å². The molecule has 6 nitrogen and oxygen atoms in total. The van der Waals surface area contributed by atoms with Crippen LogP contribution in [0.25, 0.3) is 5.57 Å². The summed E-state index contributed by atoms with van der Waals surface area (Å²) in [6.45, 7) is 2.10. The number of nitrogens with two attached hydrogens (primary N) is 1. The zero-order valence-electron chi connectivity index (χ0n) is 12.6. The van der Waals surface area contributed by atoms with Gasteiger partial charge in [-0.05, 0) is 30.7 Å². The number of nitrogens with zero attached hydrogens (tertiary/aromatic N) is 3. The maximum atomic E-state index is 14.5. The van der Waals surface area contributed by atoms with Crippen LogP contribution in [0.4, 0.5) is 16.1 Å². The number of rotatable bonds is 3. The Labute approximate surface area is 141 Å². The van der Waals surface area contributed by atoms with Gasteiger partial charge in [0.05, 0.1) is 17.8 Å². The van der Waals surface area contributed by atoms with Crippen molar-refractivity contribution in [3.63, 3.8) is 0 Å². The summed E-state index contributed by atoms with van der Waals surface area (Å²) in [5.74, 6) is -0.148. The van der Waals surface area contributed by atoms with Gasteiger partial charge in [-0.3, -0.25) is 0 Å². The first-order valence-electron chi connectivity index (χ1n) is 6.87. The molecule has 0 radical (unpaired) electrons. The minimum atomic E-state index is -0.316. The van der Waals surface area contributed by atoms with Crippen molar-refractivity contribution in [2.45, 2.75) is 6.92 Å². The molecule has 23 heavy (non-hydrogen) atoms. The zero-order chi connectivity index (χ0) is 16.6. The first-order valence-corrected chi connectivity index (χ1v) is 7.67. The van der Waals surface area contributed by atoms with Crippen LogP contribution in [0.3, 0.4) is 0 Å². The smallest absolute Gasteiger partial charge is 0.313 e. The van der Waals surface area contributed by atoms with E-state index in [2.05, 4.69) is 31.4 Å². The molecule has 0 bridgehead atoms. The SMILES string of the molecule is Cc1cc(Br)ccc1NC1=C(F)CN(C)C=C1c1nnc(N)o1. The van der Waals surface area contributed by atoms with Crippen LogP contribution in [-0.4, -0.2) is 28.7 Å². The molecule has 3 rings (SSSR count). The lowest BCUT2D eigenvalue weighted by Gasteiger charge is -2.24. The highest BCUT2D eigenvalue weighted by Crippen LogP contribution is 2.32. The fraction of sp³-hybridized carbons (Fsp3) is 0.200. The lowest BCUT2D eigenvalue weighted by atomic mass is 10.1. The van der Waals surface area contributed by atoms with Gasteiger partial charge in [-0.1, -0.05) is 21.0 Å². The molecule has 8 heteroatoms. The standard InChI is InChI=1S/C15H15BrFN5O/c1-8-5-9(16)3-4-12(8)19-13-10(6-22(2)7-11(13)17)14-20-21-15(18)23-14/h3-6,19H,7H2,1-2H3,(H2,18,21). The van der Waals surface area contributed by atoms with E-state index in [0.29, 0.717) is 11.3 Å². The fourth-order valence-electron chi connectivity index (χ4n) is 2.32. The Morgan fingerprint density at radius 1 is 1.39 bits per heavy atom. The Kier molecular flexibility index (Phi) is 4.08. The highest BCUT2D eigenvalue weighted by molar-refractivity contribution is 9.10. The Morgan fingerprint density at radius 3 is 2.83 bits per heavy atom. The summed E-state index contributed by atoms with van der Waals surface area (Å²) in [6, 6.07) is 5.65. The number of hydrogen-bond acceptors (Lipinski definition) is 6. The highest BCUT2D eigenvalue weighted by Gasteiger charge is 2.24. The van der Waals surface area contributed by atoms with Crippen LogP contribution in [0, 0.1) is 6.92 Å². The Balaban J connectivity index is 2.00. The molecule has 3 N–H and O–H groups in total. The molecular formula is C15H15BrFN5O. The molecule has 120 valence electrons. The first-order chi connectivity index (χ1) is 10.9. The number of nitrogens with one attached hydrogen (secondary N) is 1. The van der Waals surface area contributed by atoms with Gasteiger partial charge in [-0.15, -0.1) is 5.10 Å². The van der Waals surface area contributed by atoms with Crippen LogP contribution >= 0.6 is 15.9 Å². The molecule has 0 saturated carbocycles. The van der Waals surface area contributed by atoms with Crippen molar-refractivity contribution < 1.29 is 8.81 Å². The van der Waals surface area contributed by atoms with Gasteiger partial charge in [-0.2, -0.15) is 0 Å². The molecule has 0 amide bonds. The number of aromatic nitrogens is 2. The number of hydrogen-bond donors (Lipinski definition) is 2. The number of allylic oxidation sites excluding steroid dienone is 1. The predicted octanol–water partition coefficient (Wildman–Crippen LogP) is 3.30. The molecule has 1 aliphatic heterocycles. The first kappa shape index (κ1) is 15.5. The van der Waals surface area contributed by atoms with Crippen LogP contribution in [-0.2, 0) is 0 Å². The van der Waals surface area contributed by atoms with Gasteiger partial charge >= 0.3 is 6.01 Å². The van der Waals surface area contributed by atoms with E-state index in [9.17, 15) is 4.39 Å². The molecule has 1 aliphatic rings. The second kappa shape index (κ2) is 6.04. The number of aryl methyl sites for hydroxylation is 1. The molecular weight excluding hydrogens is 365 g/mol. The number of benzene rings is 1. The van der Waals surface area contributed by atoms with E-state index in [-0.39, 0.29) is 24.3 Å². The third-order valence-electron chi connectivity index (χ3n) is 3.40. The topological polar surface area (TPSA) is 80.2 Å². The number of likely N-dealkylation sites (N-methyl/N-ethyl adjacent to an activating group) is 1. The van der Waals surface area contributed by atoms with Crippen molar-refractivity contribution in [1.29, 1.82) is 0 Å². The van der Waals surface area contributed by atoms with Gasteiger partial charge in [0.15, 0.2) is 0 Å². The molecule has 0 fully saturated rings. The molecule has 0 aliphatic carbocycles. The normalized spacial score (nSPS) is 15.0. The van der Waals surface area contributed by atoms with Gasteiger partial charge in [0.1, 0.15) is 5.83 Å². The number of halogens is 2. The van der Waals surface area contributed by atoms with Crippen molar-refractivity contribution in [1.82, 2.24) is 15.1 Å². The van der Waals surface area contributed by atoms with Crippen molar-refractivity contribution in [3.8, 4) is 0 Å². The average molecular weight is 380 g/mol. The Bertz CT molecular complexity index is 814. The van der Waals surface area contributed by atoms with E-state index >= 15 is 0 Å². The molecule has 2 aromatic rings. The predicted molar refractivity (Wildman–Crippen MR) is 90.0 cm³/mol. The average Bonchev–Trinajstić information content (AvgIpc) is 2.90. The van der Waals surface area contributed by atoms with Crippen LogP contribution in [0.15, 0.2) is 44.8 Å². The lowest BCUT2D eigenvalue weighted by molar-refractivity contribution is 0.426. The van der Waals surface area contributed by atoms with Gasteiger partial charge in [0.25, 0.3) is 5.89 Å². The summed E-state index contributed by atoms with van der Waals surface area (Å²) < 4.78 is 20.7. The molecule has 0 saturated heterocycles. The van der Waals surface area contributed by atoms with Crippen LogP contribution in [0.5, 0.6) is 0 Å². The quantitative estimate of drug-likeness (QED) is 0.851. The highest BCUT2D eigenvalue weighted by atomic mass is 79.9. The third-order valence-corrected chi connectivity index (χ3v) is 3.89. The summed E-state index contributed by atoms with van der Waals surface area (Å²) in [4.78, 5) is 1.70. The van der Waals surface area contributed by atoms with Crippen molar-refractivity contribution in [2.75, 3.05) is 24.6 Å². The second-order valence-electron chi connectivity index (χ2n) is 5.27. The molecule has 0 unspecified atom stereocenters. The largest absolute Gasteiger partial charge is 0.403 e. The summed E-state index contributed by atoms with van der Waals surface area (Å²) in [6.07, 6.45) is 1.74. The Hall–Kier alpha value is -2.35. The summed E-state index contributed by atoms with van der Waals surface area (Å²) in [5.41, 5.74) is 8.01. The summed E-state index contributed by atoms with van der Waals surface area (Å²) >= 11 is 3.41. The number of nitrogen functional groups attached to an aromatic ring is 1. The van der Waals surface area contributed by atoms with Crippen molar-refractivity contribution >= 4 is 33.2 Å².